The van der Waals surface area contributed by atoms with Crippen molar-refractivity contribution in [1.82, 2.24) is 0 Å². The molecule has 2 aromatic rings. The van der Waals surface area contributed by atoms with Gasteiger partial charge >= 0.3 is 0 Å². The van der Waals surface area contributed by atoms with Crippen molar-refractivity contribution >= 4 is 37.3 Å². The van der Waals surface area contributed by atoms with Gasteiger partial charge in [-0.2, -0.15) is 4.58 Å². The van der Waals surface area contributed by atoms with E-state index in [1.165, 1.54) is 48.6 Å². The molecule has 0 spiro atoms. The first-order valence-electron chi connectivity index (χ1n) is 16.9. The van der Waals surface area contributed by atoms with E-state index in [0.29, 0.717) is 0 Å². The molecule has 0 saturated heterocycles. The van der Waals surface area contributed by atoms with Gasteiger partial charge in [-0.25, -0.2) is 16.8 Å². The molecule has 5 rings (SSSR count). The third kappa shape index (κ3) is 7.18. The molecule has 3 aliphatic rings. The van der Waals surface area contributed by atoms with Gasteiger partial charge in [-0.15, -0.1) is 0 Å². The Balaban J connectivity index is 1.44. The Morgan fingerprint density at radius 1 is 0.812 bits per heavy atom. The highest BCUT2D eigenvalue weighted by Gasteiger charge is 2.43. The van der Waals surface area contributed by atoms with Crippen molar-refractivity contribution in [2.24, 2.45) is 0 Å². The molecule has 2 aliphatic heterocycles. The van der Waals surface area contributed by atoms with Crippen molar-refractivity contribution < 1.29 is 30.5 Å². The molecular weight excluding hydrogens is 645 g/mol. The summed E-state index contributed by atoms with van der Waals surface area (Å²) in [5.74, 6) is 0. The highest BCUT2D eigenvalue weighted by Crippen LogP contribution is 2.49. The second-order valence-electron chi connectivity index (χ2n) is 14.2. The van der Waals surface area contributed by atoms with Crippen LogP contribution in [0.1, 0.15) is 97.1 Å². The second-order valence-corrected chi connectivity index (χ2v) is 17.0. The van der Waals surface area contributed by atoms with Crippen LogP contribution in [-0.4, -0.2) is 49.8 Å². The van der Waals surface area contributed by atoms with Crippen LogP contribution in [0.15, 0.2) is 93.4 Å². The van der Waals surface area contributed by atoms with Crippen LogP contribution in [0.2, 0.25) is 0 Å². The molecule has 0 fully saturated rings. The summed E-state index contributed by atoms with van der Waals surface area (Å²) in [6.07, 6.45) is 19.3. The minimum atomic E-state index is -4.57. The number of nitrogens with zero attached hydrogens (tertiary/aromatic N) is 2. The Labute approximate surface area is 286 Å². The van der Waals surface area contributed by atoms with Crippen LogP contribution >= 0.6 is 0 Å². The molecule has 2 heterocycles. The minimum absolute atomic E-state index is 0.198. The Hall–Kier alpha value is -3.31. The third-order valence-electron chi connectivity index (χ3n) is 10.1. The van der Waals surface area contributed by atoms with Crippen molar-refractivity contribution in [3.63, 3.8) is 0 Å². The number of hydrogen-bond acceptors (Lipinski definition) is 7. The van der Waals surface area contributed by atoms with Crippen molar-refractivity contribution in [3.05, 3.63) is 94.7 Å². The largest absolute Gasteiger partial charge is 0.744 e. The minimum Gasteiger partial charge on any atom is -0.744 e. The first kappa shape index (κ1) is 36.0. The molecule has 2 aromatic carbocycles. The molecule has 10 heteroatoms. The van der Waals surface area contributed by atoms with E-state index in [9.17, 15) is 25.9 Å². The molecular formula is C38H47N2O6S2-. The molecule has 0 N–H and O–H groups in total. The van der Waals surface area contributed by atoms with E-state index >= 15 is 0 Å². The fourth-order valence-electron chi connectivity index (χ4n) is 7.41. The lowest BCUT2D eigenvalue weighted by atomic mass is 9.81. The van der Waals surface area contributed by atoms with E-state index in [2.05, 4.69) is 60.6 Å². The summed E-state index contributed by atoms with van der Waals surface area (Å²) >= 11 is 0. The number of fused-ring (bicyclic) bond motifs is 2. The predicted molar refractivity (Wildman–Crippen MR) is 189 cm³/mol. The van der Waals surface area contributed by atoms with E-state index in [1.807, 2.05) is 20.9 Å². The van der Waals surface area contributed by atoms with Crippen LogP contribution in [0.5, 0.6) is 0 Å². The van der Waals surface area contributed by atoms with Gasteiger partial charge in [0.15, 0.2) is 5.71 Å². The van der Waals surface area contributed by atoms with Crippen LogP contribution in [0.25, 0.3) is 0 Å². The number of anilines is 1. The smallest absolute Gasteiger partial charge is 0.209 e. The van der Waals surface area contributed by atoms with E-state index in [1.54, 1.807) is 18.2 Å². The average molecular weight is 692 g/mol. The SMILES string of the molecule is CCCCCCCN1C(=CC=C2C=C(C=CC3=[N+](C)c4ccc(S(=O)(=O)[O-])cc4C3(C)C)CCC2)C(C)(C)c2cc(S(=O)(=O)[O-])ccc21. The molecule has 8 nitrogen and oxygen atoms in total. The van der Waals surface area contributed by atoms with Gasteiger partial charge in [0.2, 0.25) is 5.69 Å². The number of unbranched alkanes of at least 4 members (excludes halogenated alkanes) is 4. The summed E-state index contributed by atoms with van der Waals surface area (Å²) in [6, 6.07) is 9.34. The van der Waals surface area contributed by atoms with Crippen molar-refractivity contribution in [3.8, 4) is 0 Å². The normalized spacial score (nSPS) is 20.6. The lowest BCUT2D eigenvalue weighted by molar-refractivity contribution is -0.401. The number of allylic oxidation sites excluding steroid dienone is 8. The van der Waals surface area contributed by atoms with E-state index in [0.717, 1.165) is 72.6 Å². The summed E-state index contributed by atoms with van der Waals surface area (Å²) in [7, 11) is -7.17. The Morgan fingerprint density at radius 2 is 1.46 bits per heavy atom. The van der Waals surface area contributed by atoms with Crippen molar-refractivity contribution in [1.29, 1.82) is 0 Å². The van der Waals surface area contributed by atoms with Gasteiger partial charge in [0.1, 0.15) is 27.3 Å². The van der Waals surface area contributed by atoms with Crippen LogP contribution in [0.3, 0.4) is 0 Å². The Morgan fingerprint density at radius 3 is 2.12 bits per heavy atom. The lowest BCUT2D eigenvalue weighted by Gasteiger charge is -2.27. The van der Waals surface area contributed by atoms with Crippen LogP contribution in [0, 0.1) is 0 Å². The van der Waals surface area contributed by atoms with Crippen LogP contribution in [-0.2, 0) is 31.1 Å². The zero-order valence-electron chi connectivity index (χ0n) is 28.9. The van der Waals surface area contributed by atoms with Crippen LogP contribution < -0.4 is 4.90 Å². The quantitative estimate of drug-likeness (QED) is 0.134. The average Bonchev–Trinajstić information content (AvgIpc) is 3.35. The third-order valence-corrected chi connectivity index (χ3v) is 11.8. The highest BCUT2D eigenvalue weighted by molar-refractivity contribution is 7.86. The monoisotopic (exact) mass is 691 g/mol. The highest BCUT2D eigenvalue weighted by atomic mass is 32.2. The maximum absolute atomic E-state index is 11.9. The van der Waals surface area contributed by atoms with Gasteiger partial charge in [0.05, 0.1) is 15.2 Å². The molecule has 48 heavy (non-hydrogen) atoms. The summed E-state index contributed by atoms with van der Waals surface area (Å²) in [5, 5.41) is 0. The summed E-state index contributed by atoms with van der Waals surface area (Å²) < 4.78 is 72.9. The van der Waals surface area contributed by atoms with E-state index in [4.69, 9.17) is 0 Å². The van der Waals surface area contributed by atoms with Gasteiger partial charge in [0.25, 0.3) is 0 Å². The number of hydrogen-bond donors (Lipinski definition) is 0. The lowest BCUT2D eigenvalue weighted by Crippen LogP contribution is -2.27. The standard InChI is InChI=1S/C38H48N2O6S2/c1-7-8-9-10-11-23-40-34-20-18-30(48(44,45)46)26-32(34)38(4,5)36(40)22-16-28-14-12-13-27(24-28)15-21-35-37(2,3)31-25-29(47(41,42)43)17-19-33(31)39(35)6/h15-22,24-26H,7-14,23H2,1-6H3,(H-,41,42,43,44,45,46)/p-1. The van der Waals surface area contributed by atoms with Gasteiger partial charge in [-0.05, 0) is 92.6 Å². The van der Waals surface area contributed by atoms with Gasteiger partial charge in [-0.1, -0.05) is 64.7 Å². The topological polar surface area (TPSA) is 121 Å². The number of rotatable bonds is 11. The fourth-order valence-corrected chi connectivity index (χ4v) is 8.40. The predicted octanol–water partition coefficient (Wildman–Crippen LogP) is 7.75. The molecule has 0 atom stereocenters. The summed E-state index contributed by atoms with van der Waals surface area (Å²) in [6.45, 7) is 11.3. The molecule has 0 bridgehead atoms. The zero-order chi connectivity index (χ0) is 35.1. The fraction of sp³-hybridized carbons (Fsp3) is 0.447. The molecule has 0 aromatic heterocycles. The molecule has 258 valence electrons. The second kappa shape index (κ2) is 13.5. The molecule has 1 aliphatic carbocycles. The molecule has 0 radical (unpaired) electrons. The summed E-state index contributed by atoms with van der Waals surface area (Å²) in [5.41, 5.74) is 6.99. The van der Waals surface area contributed by atoms with E-state index < -0.39 is 31.1 Å². The molecule has 0 saturated carbocycles. The van der Waals surface area contributed by atoms with Gasteiger partial charge < -0.3 is 14.0 Å². The maximum Gasteiger partial charge on any atom is 0.209 e. The molecule has 0 amide bonds. The molecule has 0 unspecified atom stereocenters. The summed E-state index contributed by atoms with van der Waals surface area (Å²) in [4.78, 5) is 1.88. The van der Waals surface area contributed by atoms with Gasteiger partial charge in [-0.3, -0.25) is 0 Å². The Bertz CT molecular complexity index is 1980. The van der Waals surface area contributed by atoms with Crippen LogP contribution in [0.4, 0.5) is 11.4 Å². The van der Waals surface area contributed by atoms with E-state index in [-0.39, 0.29) is 9.79 Å². The number of benzene rings is 2. The van der Waals surface area contributed by atoms with Crippen molar-refractivity contribution in [2.45, 2.75) is 107 Å². The van der Waals surface area contributed by atoms with Gasteiger partial charge in [0, 0.05) is 41.1 Å². The first-order chi connectivity index (χ1) is 22.5. The first-order valence-corrected chi connectivity index (χ1v) is 19.7. The Kier molecular flexibility index (Phi) is 10.1. The zero-order valence-corrected chi connectivity index (χ0v) is 30.5. The van der Waals surface area contributed by atoms with Crippen molar-refractivity contribution in [2.75, 3.05) is 18.5 Å². The maximum atomic E-state index is 11.9.